The van der Waals surface area contributed by atoms with Crippen LogP contribution in [0.15, 0.2) is 30.3 Å². The molecule has 2 aromatic rings. The van der Waals surface area contributed by atoms with Gasteiger partial charge in [0.15, 0.2) is 0 Å². The molecule has 0 radical (unpaired) electrons. The van der Waals surface area contributed by atoms with Crippen molar-refractivity contribution in [2.24, 2.45) is 11.8 Å². The maximum atomic E-state index is 12.9. The molecule has 124 valence electrons. The van der Waals surface area contributed by atoms with Gasteiger partial charge in [0.05, 0.1) is 5.52 Å². The molecule has 4 rings (SSSR count). The number of amides is 1. The molecule has 1 aromatic carbocycles. The highest BCUT2D eigenvalue weighted by atomic mass is 35.5. The van der Waals surface area contributed by atoms with Gasteiger partial charge in [0.2, 0.25) is 0 Å². The lowest BCUT2D eigenvalue weighted by atomic mass is 9.94. The number of aliphatic carboxylic acids is 1. The van der Waals surface area contributed by atoms with Crippen LogP contribution in [0.1, 0.15) is 29.8 Å². The van der Waals surface area contributed by atoms with E-state index < -0.39 is 12.0 Å². The zero-order valence-electron chi connectivity index (χ0n) is 13.0. The molecule has 2 aliphatic rings. The Morgan fingerprint density at radius 3 is 2.79 bits per heavy atom. The van der Waals surface area contributed by atoms with Crippen molar-refractivity contribution in [3.8, 4) is 0 Å². The summed E-state index contributed by atoms with van der Waals surface area (Å²) < 4.78 is 0. The fourth-order valence-corrected chi connectivity index (χ4v) is 4.35. The highest BCUT2D eigenvalue weighted by Gasteiger charge is 2.49. The van der Waals surface area contributed by atoms with Crippen molar-refractivity contribution < 1.29 is 14.7 Å². The Bertz CT molecular complexity index is 838. The van der Waals surface area contributed by atoms with Crippen molar-refractivity contribution in [3.05, 3.63) is 41.0 Å². The van der Waals surface area contributed by atoms with Crippen LogP contribution < -0.4 is 0 Å². The van der Waals surface area contributed by atoms with Crippen molar-refractivity contribution in [3.63, 3.8) is 0 Å². The van der Waals surface area contributed by atoms with Gasteiger partial charge in [-0.3, -0.25) is 4.79 Å². The van der Waals surface area contributed by atoms with Crippen molar-refractivity contribution in [2.75, 3.05) is 6.54 Å². The third kappa shape index (κ3) is 2.44. The molecule has 3 atom stereocenters. The number of fused-ring (bicyclic) bond motifs is 2. The van der Waals surface area contributed by atoms with E-state index in [2.05, 4.69) is 4.98 Å². The van der Waals surface area contributed by atoms with Gasteiger partial charge in [-0.1, -0.05) is 30.2 Å². The number of nitrogens with zero attached hydrogens (tertiary/aromatic N) is 2. The summed E-state index contributed by atoms with van der Waals surface area (Å²) >= 11 is 5.99. The fraction of sp³-hybridized carbons (Fsp3) is 0.389. The molecule has 1 aliphatic carbocycles. The SMILES string of the molecule is O=C(O)C1C2CCCC2CN1C(=O)c1ccc2ccc(Cl)cc2n1. The Kier molecular flexibility index (Phi) is 3.68. The first kappa shape index (κ1) is 15.4. The number of halogens is 1. The number of hydrogen-bond donors (Lipinski definition) is 1. The summed E-state index contributed by atoms with van der Waals surface area (Å²) in [5, 5.41) is 11.0. The van der Waals surface area contributed by atoms with Crippen molar-refractivity contribution in [1.82, 2.24) is 9.88 Å². The first-order valence-electron chi connectivity index (χ1n) is 8.14. The van der Waals surface area contributed by atoms with Gasteiger partial charge in [-0.05, 0) is 42.9 Å². The highest BCUT2D eigenvalue weighted by molar-refractivity contribution is 6.31. The largest absolute Gasteiger partial charge is 0.480 e. The summed E-state index contributed by atoms with van der Waals surface area (Å²) in [6.07, 6.45) is 2.93. The monoisotopic (exact) mass is 344 g/mol. The Labute approximate surface area is 144 Å². The first-order valence-corrected chi connectivity index (χ1v) is 8.52. The maximum Gasteiger partial charge on any atom is 0.326 e. The lowest BCUT2D eigenvalue weighted by Gasteiger charge is -2.24. The number of carboxylic acids is 1. The number of carbonyl (C=O) groups excluding carboxylic acids is 1. The van der Waals surface area contributed by atoms with Crippen molar-refractivity contribution >= 4 is 34.4 Å². The second-order valence-electron chi connectivity index (χ2n) is 6.63. The predicted molar refractivity (Wildman–Crippen MR) is 90.0 cm³/mol. The summed E-state index contributed by atoms with van der Waals surface area (Å²) in [6.45, 7) is 0.510. The molecule has 1 amide bonds. The maximum absolute atomic E-state index is 12.9. The minimum atomic E-state index is -0.915. The number of hydrogen-bond acceptors (Lipinski definition) is 3. The summed E-state index contributed by atoms with van der Waals surface area (Å²) in [5.74, 6) is -0.855. The average molecular weight is 345 g/mol. The Hall–Kier alpha value is -2.14. The van der Waals surface area contributed by atoms with Gasteiger partial charge < -0.3 is 10.0 Å². The topological polar surface area (TPSA) is 70.5 Å². The number of pyridine rings is 1. The van der Waals surface area contributed by atoms with E-state index >= 15 is 0 Å². The van der Waals surface area contributed by atoms with Crippen LogP contribution in [0.5, 0.6) is 0 Å². The molecule has 1 saturated carbocycles. The molecule has 1 aromatic heterocycles. The van der Waals surface area contributed by atoms with E-state index in [0.29, 0.717) is 23.0 Å². The quantitative estimate of drug-likeness (QED) is 0.908. The second-order valence-corrected chi connectivity index (χ2v) is 7.07. The number of carbonyl (C=O) groups is 2. The molecule has 1 aliphatic heterocycles. The molecule has 3 unspecified atom stereocenters. The molecule has 24 heavy (non-hydrogen) atoms. The van der Waals surface area contributed by atoms with Crippen LogP contribution in [0.4, 0.5) is 0 Å². The van der Waals surface area contributed by atoms with Crippen LogP contribution in [0.2, 0.25) is 5.02 Å². The lowest BCUT2D eigenvalue weighted by Crippen LogP contribution is -2.43. The van der Waals surface area contributed by atoms with Crippen LogP contribution in [0.3, 0.4) is 0 Å². The summed E-state index contributed by atoms with van der Waals surface area (Å²) in [4.78, 5) is 30.5. The van der Waals surface area contributed by atoms with E-state index in [1.807, 2.05) is 12.1 Å². The fourth-order valence-electron chi connectivity index (χ4n) is 4.19. The Balaban J connectivity index is 1.69. The Morgan fingerprint density at radius 2 is 2.00 bits per heavy atom. The van der Waals surface area contributed by atoms with Gasteiger partial charge in [-0.2, -0.15) is 0 Å². The third-order valence-corrected chi connectivity index (χ3v) is 5.51. The molecular formula is C18H17ClN2O3. The highest BCUT2D eigenvalue weighted by Crippen LogP contribution is 2.42. The number of likely N-dealkylation sites (tertiary alicyclic amines) is 1. The van der Waals surface area contributed by atoms with Gasteiger partial charge in [-0.15, -0.1) is 0 Å². The van der Waals surface area contributed by atoms with E-state index in [4.69, 9.17) is 11.6 Å². The number of carboxylic acid groups (broad SMARTS) is 1. The van der Waals surface area contributed by atoms with E-state index in [9.17, 15) is 14.7 Å². The van der Waals surface area contributed by atoms with Gasteiger partial charge >= 0.3 is 5.97 Å². The normalized spacial score (nSPS) is 25.9. The predicted octanol–water partition coefficient (Wildman–Crippen LogP) is 3.21. The van der Waals surface area contributed by atoms with Gasteiger partial charge in [0.1, 0.15) is 11.7 Å². The van der Waals surface area contributed by atoms with E-state index in [-0.39, 0.29) is 17.5 Å². The smallest absolute Gasteiger partial charge is 0.326 e. The van der Waals surface area contributed by atoms with Crippen LogP contribution >= 0.6 is 11.6 Å². The molecule has 0 bridgehead atoms. The number of aromatic nitrogens is 1. The zero-order valence-corrected chi connectivity index (χ0v) is 13.7. The van der Waals surface area contributed by atoms with E-state index in [1.54, 1.807) is 18.2 Å². The van der Waals surface area contributed by atoms with Crippen LogP contribution in [-0.2, 0) is 4.79 Å². The molecule has 5 nitrogen and oxygen atoms in total. The third-order valence-electron chi connectivity index (χ3n) is 5.28. The number of rotatable bonds is 2. The minimum absolute atomic E-state index is 0.0707. The molecule has 1 N–H and O–H groups in total. The lowest BCUT2D eigenvalue weighted by molar-refractivity contribution is -0.142. The van der Waals surface area contributed by atoms with Gasteiger partial charge in [-0.25, -0.2) is 9.78 Å². The standard InChI is InChI=1S/C18H17ClN2O3/c19-12-6-4-10-5-7-14(20-15(10)8-12)17(22)21-9-11-2-1-3-13(11)16(21)18(23)24/h4-8,11,13,16H,1-3,9H2,(H,23,24). The summed E-state index contributed by atoms with van der Waals surface area (Å²) in [7, 11) is 0. The summed E-state index contributed by atoms with van der Waals surface area (Å²) in [6, 6.07) is 8.07. The minimum Gasteiger partial charge on any atom is -0.480 e. The average Bonchev–Trinajstić information content (AvgIpc) is 3.13. The van der Waals surface area contributed by atoms with Crippen LogP contribution in [0, 0.1) is 11.8 Å². The number of benzene rings is 1. The van der Waals surface area contributed by atoms with Crippen molar-refractivity contribution in [1.29, 1.82) is 0 Å². The van der Waals surface area contributed by atoms with Gasteiger partial charge in [0, 0.05) is 17.0 Å². The van der Waals surface area contributed by atoms with Crippen molar-refractivity contribution in [2.45, 2.75) is 25.3 Å². The molecule has 2 heterocycles. The molecule has 2 fully saturated rings. The van der Waals surface area contributed by atoms with Crippen LogP contribution in [0.25, 0.3) is 10.9 Å². The molecule has 0 spiro atoms. The van der Waals surface area contributed by atoms with E-state index in [0.717, 1.165) is 24.6 Å². The summed E-state index contributed by atoms with van der Waals surface area (Å²) in [5.41, 5.74) is 0.913. The van der Waals surface area contributed by atoms with Gasteiger partial charge in [0.25, 0.3) is 5.91 Å². The molecular weight excluding hydrogens is 328 g/mol. The molecule has 6 heteroatoms. The molecule has 1 saturated heterocycles. The first-order chi connectivity index (χ1) is 11.5. The zero-order chi connectivity index (χ0) is 16.8. The Morgan fingerprint density at radius 1 is 1.21 bits per heavy atom. The van der Waals surface area contributed by atoms with E-state index in [1.165, 1.54) is 4.90 Å². The van der Waals surface area contributed by atoms with Crippen LogP contribution in [-0.4, -0.2) is 39.5 Å². The second kappa shape index (κ2) is 5.74.